The fraction of sp³-hybridized carbons (Fsp3) is 0.429. The van der Waals surface area contributed by atoms with E-state index in [1.807, 2.05) is 0 Å². The molecule has 1 amide bonds. The SMILES string of the molecule is O=C(O)c1ccc(NC(=O)C2CCC(F)(F)CC2)c(Br)c1. The molecule has 0 unspecified atom stereocenters. The average molecular weight is 362 g/mol. The van der Waals surface area contributed by atoms with Gasteiger partial charge in [-0.05, 0) is 47.0 Å². The van der Waals surface area contributed by atoms with Crippen LogP contribution in [0.25, 0.3) is 0 Å². The number of benzene rings is 1. The van der Waals surface area contributed by atoms with Gasteiger partial charge in [0.1, 0.15) is 0 Å². The summed E-state index contributed by atoms with van der Waals surface area (Å²) >= 11 is 3.19. The van der Waals surface area contributed by atoms with E-state index in [4.69, 9.17) is 5.11 Å². The summed E-state index contributed by atoms with van der Waals surface area (Å²) < 4.78 is 26.6. The maximum atomic E-state index is 13.1. The number of carbonyl (C=O) groups excluding carboxylic acids is 1. The molecule has 0 saturated heterocycles. The predicted octanol–water partition coefficient (Wildman–Crippen LogP) is 3.91. The molecule has 4 nitrogen and oxygen atoms in total. The first-order valence-corrected chi connectivity index (χ1v) is 7.29. The molecule has 0 bridgehead atoms. The Morgan fingerprint density at radius 1 is 1.29 bits per heavy atom. The van der Waals surface area contributed by atoms with E-state index < -0.39 is 17.8 Å². The van der Waals surface area contributed by atoms with Crippen molar-refractivity contribution >= 4 is 33.5 Å². The number of amides is 1. The van der Waals surface area contributed by atoms with Gasteiger partial charge in [-0.1, -0.05) is 0 Å². The molecule has 0 aliphatic heterocycles. The zero-order valence-electron chi connectivity index (χ0n) is 11.0. The molecule has 1 fully saturated rings. The summed E-state index contributed by atoms with van der Waals surface area (Å²) in [5.74, 6) is -4.48. The third kappa shape index (κ3) is 4.00. The standard InChI is InChI=1S/C14H14BrF2NO3/c15-10-7-9(13(20)21)1-2-11(10)18-12(19)8-3-5-14(16,17)6-4-8/h1-2,7-8H,3-6H2,(H,18,19)(H,20,21). The second-order valence-electron chi connectivity index (χ2n) is 5.12. The Morgan fingerprint density at radius 2 is 1.90 bits per heavy atom. The van der Waals surface area contributed by atoms with Gasteiger partial charge >= 0.3 is 5.97 Å². The monoisotopic (exact) mass is 361 g/mol. The lowest BCUT2D eigenvalue weighted by Gasteiger charge is -2.27. The number of carboxylic acids is 1. The van der Waals surface area contributed by atoms with Crippen LogP contribution >= 0.6 is 15.9 Å². The Morgan fingerprint density at radius 3 is 2.43 bits per heavy atom. The topological polar surface area (TPSA) is 66.4 Å². The van der Waals surface area contributed by atoms with Gasteiger partial charge in [0.05, 0.1) is 11.3 Å². The molecule has 7 heteroatoms. The fourth-order valence-corrected chi connectivity index (χ4v) is 2.76. The van der Waals surface area contributed by atoms with Gasteiger partial charge in [0, 0.05) is 23.2 Å². The predicted molar refractivity (Wildman–Crippen MR) is 76.6 cm³/mol. The van der Waals surface area contributed by atoms with Gasteiger partial charge in [0.2, 0.25) is 11.8 Å². The molecule has 0 radical (unpaired) electrons. The molecule has 2 rings (SSSR count). The fourth-order valence-electron chi connectivity index (χ4n) is 2.29. The third-order valence-electron chi connectivity index (χ3n) is 3.56. The number of rotatable bonds is 3. The van der Waals surface area contributed by atoms with Crippen LogP contribution in [-0.2, 0) is 4.79 Å². The molecule has 0 atom stereocenters. The van der Waals surface area contributed by atoms with Crippen LogP contribution in [0.5, 0.6) is 0 Å². The highest BCUT2D eigenvalue weighted by molar-refractivity contribution is 9.10. The van der Waals surface area contributed by atoms with Gasteiger partial charge < -0.3 is 10.4 Å². The van der Waals surface area contributed by atoms with Crippen LogP contribution in [0.2, 0.25) is 0 Å². The molecule has 1 aromatic rings. The first kappa shape index (κ1) is 15.9. The van der Waals surface area contributed by atoms with Crippen molar-refractivity contribution in [1.82, 2.24) is 0 Å². The lowest BCUT2D eigenvalue weighted by molar-refractivity contribution is -0.124. The van der Waals surface area contributed by atoms with Crippen LogP contribution < -0.4 is 5.32 Å². The first-order valence-electron chi connectivity index (χ1n) is 6.50. The van der Waals surface area contributed by atoms with E-state index in [1.165, 1.54) is 18.2 Å². The summed E-state index contributed by atoms with van der Waals surface area (Å²) in [6, 6.07) is 4.23. The Bertz CT molecular complexity index is 567. The Balaban J connectivity index is 2.02. The van der Waals surface area contributed by atoms with E-state index >= 15 is 0 Å². The molecule has 1 aliphatic carbocycles. The van der Waals surface area contributed by atoms with Crippen molar-refractivity contribution < 1.29 is 23.5 Å². The number of carbonyl (C=O) groups is 2. The zero-order chi connectivity index (χ0) is 15.6. The number of hydrogen-bond acceptors (Lipinski definition) is 2. The number of nitrogens with one attached hydrogen (secondary N) is 1. The number of carboxylic acid groups (broad SMARTS) is 1. The molecule has 21 heavy (non-hydrogen) atoms. The number of alkyl halides is 2. The summed E-state index contributed by atoms with van der Waals surface area (Å²) in [6.45, 7) is 0. The lowest BCUT2D eigenvalue weighted by atomic mass is 9.86. The molecule has 114 valence electrons. The van der Waals surface area contributed by atoms with E-state index in [2.05, 4.69) is 21.2 Å². The van der Waals surface area contributed by atoms with E-state index in [0.717, 1.165) is 0 Å². The van der Waals surface area contributed by atoms with Crippen molar-refractivity contribution in [3.8, 4) is 0 Å². The second-order valence-corrected chi connectivity index (χ2v) is 5.97. The van der Waals surface area contributed by atoms with Crippen LogP contribution in [0.1, 0.15) is 36.0 Å². The Kier molecular flexibility index (Phi) is 4.61. The molecular formula is C14H14BrF2NO3. The van der Waals surface area contributed by atoms with Gasteiger partial charge in [0.25, 0.3) is 0 Å². The van der Waals surface area contributed by atoms with E-state index in [0.29, 0.717) is 10.2 Å². The van der Waals surface area contributed by atoms with E-state index in [-0.39, 0.29) is 37.2 Å². The number of halogens is 3. The molecule has 2 N–H and O–H groups in total. The maximum absolute atomic E-state index is 13.1. The van der Waals surface area contributed by atoms with Crippen LogP contribution in [-0.4, -0.2) is 22.9 Å². The van der Waals surface area contributed by atoms with Crippen LogP contribution in [0.3, 0.4) is 0 Å². The molecule has 1 saturated carbocycles. The summed E-state index contributed by atoms with van der Waals surface area (Å²) in [6.07, 6.45) is -0.234. The van der Waals surface area contributed by atoms with Crippen molar-refractivity contribution in [3.05, 3.63) is 28.2 Å². The third-order valence-corrected chi connectivity index (χ3v) is 4.22. The van der Waals surface area contributed by atoms with Gasteiger partial charge in [0.15, 0.2) is 0 Å². The number of anilines is 1. The minimum atomic E-state index is -2.67. The van der Waals surface area contributed by atoms with Crippen molar-refractivity contribution in [2.24, 2.45) is 5.92 Å². The van der Waals surface area contributed by atoms with Gasteiger partial charge in [-0.15, -0.1) is 0 Å². The molecule has 0 spiro atoms. The molecule has 0 aromatic heterocycles. The molecule has 0 heterocycles. The van der Waals surface area contributed by atoms with Crippen molar-refractivity contribution in [1.29, 1.82) is 0 Å². The van der Waals surface area contributed by atoms with Gasteiger partial charge in [-0.3, -0.25) is 4.79 Å². The second kappa shape index (κ2) is 6.09. The zero-order valence-corrected chi connectivity index (χ0v) is 12.6. The first-order chi connectivity index (χ1) is 9.78. The highest BCUT2D eigenvalue weighted by atomic mass is 79.9. The average Bonchev–Trinajstić information content (AvgIpc) is 2.40. The lowest BCUT2D eigenvalue weighted by Crippen LogP contribution is -2.31. The van der Waals surface area contributed by atoms with Crippen LogP contribution in [0.4, 0.5) is 14.5 Å². The van der Waals surface area contributed by atoms with Gasteiger partial charge in [-0.25, -0.2) is 13.6 Å². The van der Waals surface area contributed by atoms with Crippen molar-refractivity contribution in [3.63, 3.8) is 0 Å². The summed E-state index contributed by atoms with van der Waals surface area (Å²) in [4.78, 5) is 22.9. The van der Waals surface area contributed by atoms with Gasteiger partial charge in [-0.2, -0.15) is 0 Å². The quantitative estimate of drug-likeness (QED) is 0.857. The minimum absolute atomic E-state index is 0.0946. The van der Waals surface area contributed by atoms with E-state index in [9.17, 15) is 18.4 Å². The molecular weight excluding hydrogens is 348 g/mol. The summed E-state index contributed by atoms with van der Waals surface area (Å²) in [7, 11) is 0. The largest absolute Gasteiger partial charge is 0.478 e. The molecule has 1 aliphatic rings. The van der Waals surface area contributed by atoms with Crippen LogP contribution in [0, 0.1) is 5.92 Å². The molecule has 1 aromatic carbocycles. The number of aromatic carboxylic acids is 1. The Labute approximate surface area is 128 Å². The number of hydrogen-bond donors (Lipinski definition) is 2. The highest BCUT2D eigenvalue weighted by Crippen LogP contribution is 2.36. The summed E-state index contributed by atoms with van der Waals surface area (Å²) in [5, 5.41) is 11.5. The smallest absolute Gasteiger partial charge is 0.335 e. The normalized spacial score (nSPS) is 18.2. The highest BCUT2D eigenvalue weighted by Gasteiger charge is 2.37. The van der Waals surface area contributed by atoms with E-state index in [1.54, 1.807) is 0 Å². The maximum Gasteiger partial charge on any atom is 0.335 e. The van der Waals surface area contributed by atoms with Crippen molar-refractivity contribution in [2.75, 3.05) is 5.32 Å². The summed E-state index contributed by atoms with van der Waals surface area (Å²) in [5.41, 5.74) is 0.527. The van der Waals surface area contributed by atoms with Crippen molar-refractivity contribution in [2.45, 2.75) is 31.6 Å². The Hall–Kier alpha value is -1.50. The van der Waals surface area contributed by atoms with Crippen LogP contribution in [0.15, 0.2) is 22.7 Å². The minimum Gasteiger partial charge on any atom is -0.478 e.